The minimum atomic E-state index is -1.15. The molecule has 0 aliphatic heterocycles. The summed E-state index contributed by atoms with van der Waals surface area (Å²) in [5.74, 6) is -0.648. The summed E-state index contributed by atoms with van der Waals surface area (Å²) in [4.78, 5) is 14.7. The topological polar surface area (TPSA) is 109 Å². The molecule has 100 valence electrons. The quantitative estimate of drug-likeness (QED) is 0.880. The Labute approximate surface area is 115 Å². The highest BCUT2D eigenvalue weighted by Gasteiger charge is 2.10. The smallest absolute Gasteiger partial charge is 0.354 e. The zero-order valence-electron chi connectivity index (χ0n) is 10.4. The second-order valence-corrected chi connectivity index (χ2v) is 3.98. The minimum absolute atomic E-state index is 0.0398. The summed E-state index contributed by atoms with van der Waals surface area (Å²) in [5, 5.41) is 17.5. The van der Waals surface area contributed by atoms with Gasteiger partial charge in [0.25, 0.3) is 0 Å². The van der Waals surface area contributed by atoms with Crippen molar-refractivity contribution in [1.82, 2.24) is 4.98 Å². The SMILES string of the molecule is N#CCc1ccc(Oc2nc(C(=O)O)ccc2N)cc1. The fourth-order valence-corrected chi connectivity index (χ4v) is 1.53. The van der Waals surface area contributed by atoms with Crippen molar-refractivity contribution in [3.63, 3.8) is 0 Å². The van der Waals surface area contributed by atoms with E-state index >= 15 is 0 Å². The van der Waals surface area contributed by atoms with Crippen molar-refractivity contribution < 1.29 is 14.6 Å². The Bertz CT molecular complexity index is 675. The first-order chi connectivity index (χ1) is 9.60. The number of rotatable bonds is 4. The molecule has 3 N–H and O–H groups in total. The van der Waals surface area contributed by atoms with E-state index in [0.717, 1.165) is 5.56 Å². The van der Waals surface area contributed by atoms with Crippen molar-refractivity contribution in [2.24, 2.45) is 0 Å². The lowest BCUT2D eigenvalue weighted by molar-refractivity contribution is 0.0689. The van der Waals surface area contributed by atoms with Crippen LogP contribution >= 0.6 is 0 Å². The lowest BCUT2D eigenvalue weighted by Crippen LogP contribution is -2.03. The average Bonchev–Trinajstić information content (AvgIpc) is 2.43. The van der Waals surface area contributed by atoms with Gasteiger partial charge in [0.1, 0.15) is 5.75 Å². The molecule has 1 heterocycles. The Balaban J connectivity index is 2.23. The normalized spacial score (nSPS) is 9.75. The van der Waals surface area contributed by atoms with Crippen molar-refractivity contribution in [2.75, 3.05) is 5.73 Å². The second kappa shape index (κ2) is 5.71. The zero-order valence-corrected chi connectivity index (χ0v) is 10.4. The number of benzene rings is 1. The van der Waals surface area contributed by atoms with Gasteiger partial charge in [-0.1, -0.05) is 12.1 Å². The van der Waals surface area contributed by atoms with Gasteiger partial charge in [0.2, 0.25) is 5.88 Å². The summed E-state index contributed by atoms with van der Waals surface area (Å²) >= 11 is 0. The molecule has 0 spiro atoms. The van der Waals surface area contributed by atoms with Crippen molar-refractivity contribution in [1.29, 1.82) is 5.26 Å². The van der Waals surface area contributed by atoms with Crippen LogP contribution in [0.4, 0.5) is 5.69 Å². The van der Waals surface area contributed by atoms with Crippen molar-refractivity contribution in [3.8, 4) is 17.7 Å². The van der Waals surface area contributed by atoms with Gasteiger partial charge >= 0.3 is 5.97 Å². The molecule has 2 aromatic rings. The molecule has 0 aliphatic rings. The summed E-state index contributed by atoms with van der Waals surface area (Å²) in [7, 11) is 0. The molecule has 20 heavy (non-hydrogen) atoms. The first kappa shape index (κ1) is 13.4. The van der Waals surface area contributed by atoms with Crippen LogP contribution in [0.15, 0.2) is 36.4 Å². The average molecular weight is 269 g/mol. The molecule has 0 saturated heterocycles. The summed E-state index contributed by atoms with van der Waals surface area (Å²) in [6.07, 6.45) is 0.315. The van der Waals surface area contributed by atoms with Crippen molar-refractivity contribution in [3.05, 3.63) is 47.7 Å². The number of carboxylic acid groups (broad SMARTS) is 1. The minimum Gasteiger partial charge on any atom is -0.477 e. The number of hydrogen-bond acceptors (Lipinski definition) is 5. The van der Waals surface area contributed by atoms with Crippen LogP contribution in [0.2, 0.25) is 0 Å². The maximum Gasteiger partial charge on any atom is 0.354 e. The molecule has 1 aromatic carbocycles. The summed E-state index contributed by atoms with van der Waals surface area (Å²) in [5.41, 5.74) is 6.66. The number of nitriles is 1. The molecule has 0 bridgehead atoms. The van der Waals surface area contributed by atoms with Crippen LogP contribution in [0.3, 0.4) is 0 Å². The van der Waals surface area contributed by atoms with E-state index in [2.05, 4.69) is 4.98 Å². The fourth-order valence-electron chi connectivity index (χ4n) is 1.53. The van der Waals surface area contributed by atoms with Gasteiger partial charge in [0.05, 0.1) is 18.2 Å². The largest absolute Gasteiger partial charge is 0.477 e. The Morgan fingerprint density at radius 3 is 2.60 bits per heavy atom. The molecule has 6 heteroatoms. The molecule has 2 rings (SSSR count). The number of carboxylic acids is 1. The molecule has 0 saturated carbocycles. The number of carbonyl (C=O) groups is 1. The number of nitrogens with two attached hydrogens (primary N) is 1. The molecule has 0 fully saturated rings. The third kappa shape index (κ3) is 3.03. The number of pyridine rings is 1. The lowest BCUT2D eigenvalue weighted by atomic mass is 10.2. The van der Waals surface area contributed by atoms with Gasteiger partial charge in [-0.25, -0.2) is 9.78 Å². The number of aromatic nitrogens is 1. The van der Waals surface area contributed by atoms with Crippen LogP contribution < -0.4 is 10.5 Å². The summed E-state index contributed by atoms with van der Waals surface area (Å²) < 4.78 is 5.45. The van der Waals surface area contributed by atoms with Crippen molar-refractivity contribution >= 4 is 11.7 Å². The number of ether oxygens (including phenoxy) is 1. The van der Waals surface area contributed by atoms with E-state index in [-0.39, 0.29) is 17.3 Å². The van der Waals surface area contributed by atoms with E-state index in [4.69, 9.17) is 20.8 Å². The third-order valence-corrected chi connectivity index (χ3v) is 2.53. The molecule has 1 aromatic heterocycles. The van der Waals surface area contributed by atoms with Gasteiger partial charge in [-0.2, -0.15) is 5.26 Å². The third-order valence-electron chi connectivity index (χ3n) is 2.53. The maximum atomic E-state index is 10.8. The van der Waals surface area contributed by atoms with Crippen LogP contribution in [0.25, 0.3) is 0 Å². The van der Waals surface area contributed by atoms with Crippen LogP contribution in [0.1, 0.15) is 16.1 Å². The Hall–Kier alpha value is -3.07. The van der Waals surface area contributed by atoms with E-state index in [0.29, 0.717) is 12.2 Å². The van der Waals surface area contributed by atoms with E-state index < -0.39 is 5.97 Å². The zero-order chi connectivity index (χ0) is 14.5. The number of nitrogens with zero attached hydrogens (tertiary/aromatic N) is 2. The number of anilines is 1. The van der Waals surface area contributed by atoms with Crippen LogP contribution in [-0.4, -0.2) is 16.1 Å². The lowest BCUT2D eigenvalue weighted by Gasteiger charge is -2.08. The van der Waals surface area contributed by atoms with E-state index in [1.807, 2.05) is 6.07 Å². The molecular weight excluding hydrogens is 258 g/mol. The van der Waals surface area contributed by atoms with Gasteiger partial charge < -0.3 is 15.6 Å². The maximum absolute atomic E-state index is 10.8. The van der Waals surface area contributed by atoms with Gasteiger partial charge in [-0.3, -0.25) is 0 Å². The highest BCUT2D eigenvalue weighted by Crippen LogP contribution is 2.25. The molecule has 0 aliphatic carbocycles. The molecule has 0 atom stereocenters. The fraction of sp³-hybridized carbons (Fsp3) is 0.0714. The van der Waals surface area contributed by atoms with E-state index in [9.17, 15) is 4.79 Å². The molecule has 0 radical (unpaired) electrons. The van der Waals surface area contributed by atoms with Crippen molar-refractivity contribution in [2.45, 2.75) is 6.42 Å². The highest BCUT2D eigenvalue weighted by molar-refractivity contribution is 5.86. The molecule has 0 unspecified atom stereocenters. The van der Waals surface area contributed by atoms with Gasteiger partial charge in [-0.15, -0.1) is 0 Å². The molecular formula is C14H11N3O3. The van der Waals surface area contributed by atoms with Gasteiger partial charge in [0, 0.05) is 0 Å². The Kier molecular flexibility index (Phi) is 3.82. The van der Waals surface area contributed by atoms with Crippen LogP contribution in [0, 0.1) is 11.3 Å². The first-order valence-corrected chi connectivity index (χ1v) is 5.73. The number of nitrogen functional groups attached to an aromatic ring is 1. The second-order valence-electron chi connectivity index (χ2n) is 3.98. The number of hydrogen-bond donors (Lipinski definition) is 2. The molecule has 0 amide bonds. The number of aromatic carboxylic acids is 1. The standard InChI is InChI=1S/C14H11N3O3/c15-8-7-9-1-3-10(4-2-9)20-13-11(16)5-6-12(17-13)14(18)19/h1-6H,7,16H2,(H,18,19). The first-order valence-electron chi connectivity index (χ1n) is 5.73. The van der Waals surface area contributed by atoms with Gasteiger partial charge in [0.15, 0.2) is 5.69 Å². The van der Waals surface area contributed by atoms with E-state index in [1.54, 1.807) is 24.3 Å². The Morgan fingerprint density at radius 1 is 1.30 bits per heavy atom. The monoisotopic (exact) mass is 269 g/mol. The van der Waals surface area contributed by atoms with E-state index in [1.165, 1.54) is 12.1 Å². The predicted molar refractivity (Wildman–Crippen MR) is 71.4 cm³/mol. The molecule has 6 nitrogen and oxygen atoms in total. The predicted octanol–water partition coefficient (Wildman–Crippen LogP) is 2.22. The highest BCUT2D eigenvalue weighted by atomic mass is 16.5. The van der Waals surface area contributed by atoms with Gasteiger partial charge in [-0.05, 0) is 29.8 Å². The van der Waals surface area contributed by atoms with Crippen LogP contribution in [-0.2, 0) is 6.42 Å². The van der Waals surface area contributed by atoms with Crippen LogP contribution in [0.5, 0.6) is 11.6 Å². The summed E-state index contributed by atoms with van der Waals surface area (Å²) in [6.45, 7) is 0. The summed E-state index contributed by atoms with van der Waals surface area (Å²) in [6, 6.07) is 11.6. The Morgan fingerprint density at radius 2 is 2.00 bits per heavy atom.